The molecule has 0 aliphatic heterocycles. The van der Waals surface area contributed by atoms with Crippen molar-refractivity contribution in [3.63, 3.8) is 0 Å². The van der Waals surface area contributed by atoms with Crippen molar-refractivity contribution in [1.82, 2.24) is 4.57 Å². The zero-order valence-corrected chi connectivity index (χ0v) is 15.3. The molecule has 0 fully saturated rings. The number of nitrogens with zero attached hydrogens (tertiary/aromatic N) is 1. The Morgan fingerprint density at radius 1 is 0.731 bits per heavy atom. The van der Waals surface area contributed by atoms with Gasteiger partial charge in [-0.25, -0.2) is 0 Å². The highest BCUT2D eigenvalue weighted by molar-refractivity contribution is 6.10. The fourth-order valence-electron chi connectivity index (χ4n) is 3.79. The standard InChI is InChI=1S/C24H21NO/c1-16-10-4-6-12-19(16)23-21-14-8-9-15-22(21)25(18(3)26)24(23)20-13-7-5-11-17(20)2/h4-15H,1-3H3. The summed E-state index contributed by atoms with van der Waals surface area (Å²) in [5, 5.41) is 1.11. The maximum absolute atomic E-state index is 12.7. The van der Waals surface area contributed by atoms with E-state index in [1.807, 2.05) is 34.9 Å². The lowest BCUT2D eigenvalue weighted by molar-refractivity contribution is 0.0943. The van der Waals surface area contributed by atoms with Crippen LogP contribution in [-0.4, -0.2) is 10.5 Å². The second-order valence-corrected chi connectivity index (χ2v) is 6.73. The number of para-hydroxylation sites is 1. The van der Waals surface area contributed by atoms with E-state index in [2.05, 4.69) is 56.3 Å². The molecule has 2 heteroatoms. The summed E-state index contributed by atoms with van der Waals surface area (Å²) in [4.78, 5) is 12.7. The topological polar surface area (TPSA) is 22.0 Å². The molecular formula is C24H21NO. The Kier molecular flexibility index (Phi) is 3.96. The Morgan fingerprint density at radius 3 is 1.88 bits per heavy atom. The average Bonchev–Trinajstić information content (AvgIpc) is 2.97. The van der Waals surface area contributed by atoms with Crippen LogP contribution >= 0.6 is 0 Å². The molecule has 0 radical (unpaired) electrons. The molecule has 1 heterocycles. The van der Waals surface area contributed by atoms with Crippen LogP contribution in [0.15, 0.2) is 72.8 Å². The molecule has 0 saturated heterocycles. The lowest BCUT2D eigenvalue weighted by Gasteiger charge is -2.13. The van der Waals surface area contributed by atoms with Crippen LogP contribution in [-0.2, 0) is 0 Å². The first kappa shape index (κ1) is 16.3. The molecule has 0 amide bonds. The molecule has 2 nitrogen and oxygen atoms in total. The van der Waals surface area contributed by atoms with Crippen LogP contribution in [0.1, 0.15) is 22.8 Å². The fourth-order valence-corrected chi connectivity index (χ4v) is 3.79. The van der Waals surface area contributed by atoms with Gasteiger partial charge in [0, 0.05) is 23.4 Å². The third kappa shape index (κ3) is 2.46. The summed E-state index contributed by atoms with van der Waals surface area (Å²) in [5.74, 6) is 0.0271. The minimum atomic E-state index is 0.0271. The van der Waals surface area contributed by atoms with Gasteiger partial charge in [-0.15, -0.1) is 0 Å². The van der Waals surface area contributed by atoms with Crippen LogP contribution in [0.2, 0.25) is 0 Å². The van der Waals surface area contributed by atoms with Gasteiger partial charge in [-0.3, -0.25) is 9.36 Å². The zero-order valence-electron chi connectivity index (χ0n) is 15.3. The van der Waals surface area contributed by atoms with Crippen LogP contribution in [0.4, 0.5) is 0 Å². The minimum absolute atomic E-state index is 0.0271. The van der Waals surface area contributed by atoms with E-state index in [0.29, 0.717) is 0 Å². The van der Waals surface area contributed by atoms with Crippen molar-refractivity contribution in [2.24, 2.45) is 0 Å². The SMILES string of the molecule is CC(=O)n1c(-c2ccccc2C)c(-c2ccccc2C)c2ccccc21. The highest BCUT2D eigenvalue weighted by atomic mass is 16.1. The van der Waals surface area contributed by atoms with E-state index in [1.165, 1.54) is 11.1 Å². The third-order valence-electron chi connectivity index (χ3n) is 5.00. The Balaban J connectivity index is 2.24. The molecule has 0 saturated carbocycles. The summed E-state index contributed by atoms with van der Waals surface area (Å²) in [6.45, 7) is 5.85. The number of carbonyl (C=O) groups excluding carboxylic acids is 1. The average molecular weight is 339 g/mol. The zero-order chi connectivity index (χ0) is 18.3. The Bertz CT molecular complexity index is 1130. The predicted octanol–water partition coefficient (Wildman–Crippen LogP) is 6.25. The van der Waals surface area contributed by atoms with Gasteiger partial charge in [-0.2, -0.15) is 0 Å². The summed E-state index contributed by atoms with van der Waals surface area (Å²) in [5.41, 5.74) is 7.69. The van der Waals surface area contributed by atoms with Crippen LogP contribution in [0.5, 0.6) is 0 Å². The molecule has 0 N–H and O–H groups in total. The number of benzene rings is 3. The molecule has 0 aliphatic carbocycles. The Labute approximate surface area is 153 Å². The number of carbonyl (C=O) groups is 1. The molecule has 4 aromatic rings. The Morgan fingerprint density at radius 2 is 1.27 bits per heavy atom. The summed E-state index contributed by atoms with van der Waals surface area (Å²) in [7, 11) is 0. The molecule has 0 atom stereocenters. The lowest BCUT2D eigenvalue weighted by Crippen LogP contribution is -2.07. The predicted molar refractivity (Wildman–Crippen MR) is 109 cm³/mol. The largest absolute Gasteiger partial charge is 0.279 e. The number of aromatic nitrogens is 1. The minimum Gasteiger partial charge on any atom is -0.279 e. The van der Waals surface area contributed by atoms with Gasteiger partial charge in [0.25, 0.3) is 0 Å². The molecule has 128 valence electrons. The van der Waals surface area contributed by atoms with Crippen molar-refractivity contribution in [1.29, 1.82) is 0 Å². The van der Waals surface area contributed by atoms with E-state index in [0.717, 1.165) is 33.3 Å². The molecule has 0 spiro atoms. The Hall–Kier alpha value is -3.13. The van der Waals surface area contributed by atoms with Gasteiger partial charge >= 0.3 is 0 Å². The number of fused-ring (bicyclic) bond motifs is 1. The summed E-state index contributed by atoms with van der Waals surface area (Å²) in [6.07, 6.45) is 0. The number of hydrogen-bond acceptors (Lipinski definition) is 1. The highest BCUT2D eigenvalue weighted by Gasteiger charge is 2.23. The van der Waals surface area contributed by atoms with E-state index in [1.54, 1.807) is 6.92 Å². The van der Waals surface area contributed by atoms with Crippen molar-refractivity contribution in [3.8, 4) is 22.4 Å². The molecule has 1 aromatic heterocycles. The van der Waals surface area contributed by atoms with Crippen LogP contribution in [0.3, 0.4) is 0 Å². The van der Waals surface area contributed by atoms with Crippen molar-refractivity contribution >= 4 is 16.8 Å². The molecule has 0 unspecified atom stereocenters. The first-order valence-corrected chi connectivity index (χ1v) is 8.86. The molecule has 0 bridgehead atoms. The van der Waals surface area contributed by atoms with Gasteiger partial charge in [0.15, 0.2) is 0 Å². The summed E-state index contributed by atoms with van der Waals surface area (Å²) in [6, 6.07) is 24.8. The maximum atomic E-state index is 12.7. The first-order chi connectivity index (χ1) is 12.6. The molecule has 3 aromatic carbocycles. The van der Waals surface area contributed by atoms with Crippen LogP contribution < -0.4 is 0 Å². The third-order valence-corrected chi connectivity index (χ3v) is 5.00. The van der Waals surface area contributed by atoms with Gasteiger partial charge in [0.05, 0.1) is 11.2 Å². The van der Waals surface area contributed by atoms with E-state index in [9.17, 15) is 4.79 Å². The quantitative estimate of drug-likeness (QED) is 0.423. The number of rotatable bonds is 2. The smallest absolute Gasteiger partial charge is 0.228 e. The highest BCUT2D eigenvalue weighted by Crippen LogP contribution is 2.42. The van der Waals surface area contributed by atoms with Crippen LogP contribution in [0.25, 0.3) is 33.3 Å². The summed E-state index contributed by atoms with van der Waals surface area (Å²) < 4.78 is 1.86. The van der Waals surface area contributed by atoms with Crippen molar-refractivity contribution in [2.45, 2.75) is 20.8 Å². The molecular weight excluding hydrogens is 318 g/mol. The van der Waals surface area contributed by atoms with Crippen molar-refractivity contribution in [2.75, 3.05) is 0 Å². The van der Waals surface area contributed by atoms with Gasteiger partial charge in [-0.1, -0.05) is 66.7 Å². The van der Waals surface area contributed by atoms with Gasteiger partial charge in [0.1, 0.15) is 0 Å². The van der Waals surface area contributed by atoms with Crippen LogP contribution in [0, 0.1) is 13.8 Å². The fraction of sp³-hybridized carbons (Fsp3) is 0.125. The van der Waals surface area contributed by atoms with Crippen molar-refractivity contribution < 1.29 is 4.79 Å². The maximum Gasteiger partial charge on any atom is 0.228 e. The first-order valence-electron chi connectivity index (χ1n) is 8.86. The second-order valence-electron chi connectivity index (χ2n) is 6.73. The summed E-state index contributed by atoms with van der Waals surface area (Å²) >= 11 is 0. The van der Waals surface area contributed by atoms with E-state index >= 15 is 0 Å². The molecule has 4 rings (SSSR count). The van der Waals surface area contributed by atoms with Gasteiger partial charge in [-0.05, 0) is 36.6 Å². The monoisotopic (exact) mass is 339 g/mol. The van der Waals surface area contributed by atoms with Gasteiger partial charge < -0.3 is 0 Å². The lowest BCUT2D eigenvalue weighted by atomic mass is 9.93. The second kappa shape index (κ2) is 6.30. The molecule has 26 heavy (non-hydrogen) atoms. The number of aryl methyl sites for hydroxylation is 2. The van der Waals surface area contributed by atoms with E-state index in [-0.39, 0.29) is 5.91 Å². The molecule has 0 aliphatic rings. The van der Waals surface area contributed by atoms with E-state index in [4.69, 9.17) is 0 Å². The van der Waals surface area contributed by atoms with E-state index < -0.39 is 0 Å². The van der Waals surface area contributed by atoms with Crippen molar-refractivity contribution in [3.05, 3.63) is 83.9 Å². The number of hydrogen-bond donors (Lipinski definition) is 0. The normalized spacial score (nSPS) is 11.0. The van der Waals surface area contributed by atoms with Gasteiger partial charge in [0.2, 0.25) is 5.91 Å².